The van der Waals surface area contributed by atoms with Crippen molar-refractivity contribution in [3.05, 3.63) is 158 Å². The summed E-state index contributed by atoms with van der Waals surface area (Å²) in [5.74, 6) is 6.37. The Morgan fingerprint density at radius 3 is 0.986 bits per heavy atom. The highest BCUT2D eigenvalue weighted by Gasteiger charge is 2.31. The van der Waals surface area contributed by atoms with Gasteiger partial charge < -0.3 is 34.3 Å². The lowest BCUT2D eigenvalue weighted by atomic mass is 10.0. The highest BCUT2D eigenvalue weighted by Crippen LogP contribution is 2.27. The number of aliphatic hydroxyl groups is 1. The van der Waals surface area contributed by atoms with Crippen molar-refractivity contribution in [2.45, 2.75) is 263 Å². The molecule has 4 aliphatic heterocycles. The molecular formula is C120H216N10O15. The number of carboxylic acid groups (broad SMARTS) is 1. The maximum atomic E-state index is 11.5. The Labute approximate surface area is 886 Å². The van der Waals surface area contributed by atoms with Gasteiger partial charge in [0.2, 0.25) is 0 Å². The van der Waals surface area contributed by atoms with Crippen LogP contribution in [0.15, 0.2) is 158 Å². The van der Waals surface area contributed by atoms with Crippen LogP contribution < -0.4 is 0 Å². The van der Waals surface area contributed by atoms with Crippen molar-refractivity contribution in [3.8, 4) is 0 Å². The SMILES string of the molecule is C=C(/C=C/CN(C)CC(=O)O)CC(C)C.C=C(/C=C/CN1CCN(CCOC)CC1)CC(C)C.C=C(C)C(=O)CC(C)C.C=CC(=O)CC(C)C.CC(C)=CC(=O)CC(C)C.CC(C)CC(=O)/C=C/CN(C)C.CC(C)CC(=O)/C=C/CN1CCN(C)CC1.CC(C)CC(=O)/C=C/CN1CCN(C2CC2)CC1.CC(C)CC(=O)/C=C/CN1CCOCC1.CC(C)CC(=O)/C=C/CO.CON(C)C/C=C/C(=O)CC(C)C. The van der Waals surface area contributed by atoms with Gasteiger partial charge in [0.25, 0.3) is 0 Å². The molecular weight excluding hydrogens is 1820 g/mol. The predicted molar refractivity (Wildman–Crippen MR) is 612 cm³/mol. The van der Waals surface area contributed by atoms with Crippen LogP contribution in [0.4, 0.5) is 0 Å². The van der Waals surface area contributed by atoms with Crippen LogP contribution in [0.3, 0.4) is 0 Å². The number of ether oxygens (including phenoxy) is 2. The van der Waals surface area contributed by atoms with Crippen LogP contribution in [0.1, 0.15) is 257 Å². The van der Waals surface area contributed by atoms with Crippen molar-refractivity contribution in [1.82, 2.24) is 49.2 Å². The number of Topliss-reactive ketones (excluding diaryl/α,β-unsaturated/α-hetero) is 1. The van der Waals surface area contributed by atoms with Crippen LogP contribution in [0.5, 0.6) is 0 Å². The normalized spacial score (nSPS) is 15.2. The number of hydrogen-bond acceptors (Lipinski definition) is 24. The summed E-state index contributed by atoms with van der Waals surface area (Å²) in [5.41, 5.74) is 4.09. The van der Waals surface area contributed by atoms with Crippen LogP contribution >= 0.6 is 0 Å². The zero-order valence-corrected chi connectivity index (χ0v) is 98.1. The van der Waals surface area contributed by atoms with E-state index < -0.39 is 5.97 Å². The molecule has 0 aromatic carbocycles. The minimum Gasteiger partial charge on any atom is -0.480 e. The van der Waals surface area contributed by atoms with Crippen LogP contribution in [-0.4, -0.2) is 350 Å². The number of piperazine rings is 3. The first-order valence-electron chi connectivity index (χ1n) is 53.8. The predicted octanol–water partition coefficient (Wildman–Crippen LogP) is 20.5. The molecule has 1 aliphatic carbocycles. The number of aliphatic carboxylic acids is 1. The molecule has 0 radical (unpaired) electrons. The number of methoxy groups -OCH3 is 1. The molecule has 0 atom stereocenters. The Balaban J connectivity index is -0.000000370. The maximum Gasteiger partial charge on any atom is 0.317 e. The third-order valence-corrected chi connectivity index (χ3v) is 21.3. The number of ketones is 9. The molecule has 5 fully saturated rings. The summed E-state index contributed by atoms with van der Waals surface area (Å²) in [5, 5.41) is 18.5. The number of morpholine rings is 1. The van der Waals surface area contributed by atoms with E-state index in [2.05, 4.69) is 177 Å². The fourth-order valence-corrected chi connectivity index (χ4v) is 13.9. The van der Waals surface area contributed by atoms with Crippen molar-refractivity contribution in [3.63, 3.8) is 0 Å². The summed E-state index contributed by atoms with van der Waals surface area (Å²) < 4.78 is 10.4. The summed E-state index contributed by atoms with van der Waals surface area (Å²) >= 11 is 0. The second kappa shape index (κ2) is 96.1. The summed E-state index contributed by atoms with van der Waals surface area (Å²) in [7, 11) is 13.1. The van der Waals surface area contributed by atoms with E-state index in [1.54, 1.807) is 74.6 Å². The number of hydroxylamine groups is 2. The molecule has 0 aromatic heterocycles. The second-order valence-corrected chi connectivity index (χ2v) is 43.7. The van der Waals surface area contributed by atoms with Gasteiger partial charge in [-0.2, -0.15) is 5.06 Å². The summed E-state index contributed by atoms with van der Waals surface area (Å²) in [4.78, 5) is 136. The van der Waals surface area contributed by atoms with Gasteiger partial charge in [-0.3, -0.25) is 82.2 Å². The van der Waals surface area contributed by atoms with Gasteiger partial charge in [0.15, 0.2) is 52.0 Å². The topological polar surface area (TPSA) is 271 Å². The number of likely N-dealkylation sites (N-methyl/N-ethyl adjacent to an activating group) is 4. The fourth-order valence-electron chi connectivity index (χ4n) is 13.9. The molecule has 4 saturated heterocycles. The van der Waals surface area contributed by atoms with Crippen LogP contribution in [0.2, 0.25) is 0 Å². The lowest BCUT2D eigenvalue weighted by Gasteiger charge is -2.34. The van der Waals surface area contributed by atoms with E-state index in [1.165, 1.54) is 49.7 Å². The summed E-state index contributed by atoms with van der Waals surface area (Å²) in [6.07, 6.45) is 43.3. The first-order valence-corrected chi connectivity index (χ1v) is 53.8. The lowest BCUT2D eigenvalue weighted by molar-refractivity contribution is -0.138. The molecule has 0 amide bonds. The molecule has 836 valence electrons. The Hall–Kier alpha value is -7.44. The molecule has 5 aliphatic rings. The first-order chi connectivity index (χ1) is 67.9. The number of carbonyl (C=O) groups excluding carboxylic acids is 9. The minimum atomic E-state index is -0.799. The van der Waals surface area contributed by atoms with Crippen molar-refractivity contribution >= 4 is 58.0 Å². The molecule has 145 heavy (non-hydrogen) atoms. The molecule has 25 nitrogen and oxygen atoms in total. The Morgan fingerprint density at radius 1 is 0.379 bits per heavy atom. The smallest absolute Gasteiger partial charge is 0.317 e. The summed E-state index contributed by atoms with van der Waals surface area (Å²) in [6.45, 7) is 91.4. The van der Waals surface area contributed by atoms with E-state index in [0.717, 1.165) is 168 Å². The molecule has 2 N–H and O–H groups in total. The third-order valence-electron chi connectivity index (χ3n) is 21.3. The van der Waals surface area contributed by atoms with Crippen molar-refractivity contribution in [2.24, 2.45) is 65.1 Å². The summed E-state index contributed by atoms with van der Waals surface area (Å²) in [6, 6.07) is 0.898. The number of nitrogens with zero attached hydrogens (tertiary/aromatic N) is 10. The number of allylic oxidation sites excluding steroid dienone is 14. The average molecular weight is 2040 g/mol. The Bertz CT molecular complexity index is 3720. The first kappa shape index (κ1) is 148. The van der Waals surface area contributed by atoms with E-state index in [4.69, 9.17) is 24.5 Å². The minimum absolute atomic E-state index is 0.0518. The van der Waals surface area contributed by atoms with Gasteiger partial charge in [-0.05, 0) is 194 Å². The number of carbonyl (C=O) groups is 10. The Morgan fingerprint density at radius 2 is 0.683 bits per heavy atom. The quantitative estimate of drug-likeness (QED) is 0.0325. The number of aliphatic hydroxyl groups excluding tert-OH is 1. The monoisotopic (exact) mass is 2040 g/mol. The lowest BCUT2D eigenvalue weighted by Crippen LogP contribution is -2.47. The van der Waals surface area contributed by atoms with E-state index in [1.807, 2.05) is 138 Å². The van der Waals surface area contributed by atoms with Gasteiger partial charge in [0, 0.05) is 222 Å². The largest absolute Gasteiger partial charge is 0.480 e. The van der Waals surface area contributed by atoms with Gasteiger partial charge in [0.05, 0.1) is 40.1 Å². The molecule has 0 aromatic rings. The van der Waals surface area contributed by atoms with Crippen molar-refractivity contribution < 1.29 is 72.5 Å². The molecule has 5 rings (SSSR count). The van der Waals surface area contributed by atoms with E-state index >= 15 is 0 Å². The maximum absolute atomic E-state index is 11.5. The highest BCUT2D eigenvalue weighted by atomic mass is 16.7. The Kier molecular flexibility index (Phi) is 98.3. The zero-order chi connectivity index (χ0) is 112. The van der Waals surface area contributed by atoms with Gasteiger partial charge in [-0.25, -0.2) is 0 Å². The molecule has 4 heterocycles. The molecule has 0 spiro atoms. The van der Waals surface area contributed by atoms with Crippen LogP contribution in [0.25, 0.3) is 0 Å². The molecule has 1 saturated carbocycles. The molecule has 25 heteroatoms. The zero-order valence-electron chi connectivity index (χ0n) is 98.1. The van der Waals surface area contributed by atoms with Crippen molar-refractivity contribution in [2.75, 3.05) is 226 Å². The second-order valence-electron chi connectivity index (χ2n) is 43.7. The van der Waals surface area contributed by atoms with Gasteiger partial charge in [0.1, 0.15) is 0 Å². The third kappa shape index (κ3) is 114. The van der Waals surface area contributed by atoms with Crippen LogP contribution in [0, 0.1) is 65.1 Å². The van der Waals surface area contributed by atoms with E-state index in [0.29, 0.717) is 142 Å². The van der Waals surface area contributed by atoms with Gasteiger partial charge in [-0.1, -0.05) is 256 Å². The highest BCUT2D eigenvalue weighted by molar-refractivity contribution is 5.94. The fraction of sp³-hybridized carbons (Fsp3) is 0.700. The number of rotatable bonds is 55. The average Bonchev–Trinajstić information content (AvgIpc) is 1.71. The van der Waals surface area contributed by atoms with Gasteiger partial charge >= 0.3 is 5.97 Å². The van der Waals surface area contributed by atoms with E-state index in [9.17, 15) is 47.9 Å². The molecule has 0 bridgehead atoms. The van der Waals surface area contributed by atoms with Crippen molar-refractivity contribution in [1.29, 1.82) is 0 Å². The van der Waals surface area contributed by atoms with Crippen LogP contribution in [-0.2, 0) is 62.3 Å². The number of carboxylic acids is 1. The van der Waals surface area contributed by atoms with E-state index in [-0.39, 0.29) is 65.2 Å². The molecule has 0 unspecified atom stereocenters. The number of hydrogen-bond donors (Lipinski definition) is 2. The standard InChI is InChI=1S/C16H30N2O.C15H26N2O.C13H24N2O.2C12H21NO2.C10H19NO2.C10H19NO.C9H16O.C8H14O2.C8H14O.C7H12O/c1-15(2)14-16(3)6-5-7-17-8-10-18(11-9-17)12-13-19-4;1-13(2)12-15(18)4-3-7-16-8-10-17(11-9-16)14-5-6-14;1-12(2)11-13(16)5-4-6-15-9-7-14(3)8-10-15;1-11(2)10-12(14)4-3-5-13-6-8-15-9-7-13;1-10(2)8-11(3)6-5-7-13(4)9-12(14)15;1-9(2)8-10(12)6-5-7-11(3)13-4;1-9(2)8-10(12)6-5-7-11(3)4;1-7(2)5-9(10)6-8(3)4;1-7(2)6-8(10)4-3-5-9;1-6(2)5-8(9)7(3)4;1-4-7(8)5-6(2)3/h5-6,15H,3,7-14H2,1-2,4H3;3-4,13-14H,5-12H2,1-2H3;4-5,12H,6-11H2,1-3H3;3-4,11H,5-10H2,1-2H3;5-6,10H,3,7-9H2,1-2,4H3,(H,14,15);5-6,9H,7-8H2,1-4H3;5-6,9H,7-8H2,1-4H3;5,8H,6H2,1-4H3;3-4,7,9H,5-6H2,1-2H3;6H,3,5H2,1-2,4H3;4,6H,1,5H2,2-3H3/b6-5+;4-3+;5-4+;4-3+;3*6-5+;;4-3+;;. The van der Waals surface area contributed by atoms with Gasteiger partial charge in [-0.15, -0.1) is 0 Å².